The fourth-order valence-corrected chi connectivity index (χ4v) is 4.92. The topological polar surface area (TPSA) is 41.4 Å². The van der Waals surface area contributed by atoms with Crippen molar-refractivity contribution in [2.24, 2.45) is 5.92 Å². The molecule has 2 heterocycles. The van der Waals surface area contributed by atoms with Crippen LogP contribution in [0.4, 0.5) is 8.78 Å². The van der Waals surface area contributed by atoms with E-state index >= 15 is 0 Å². The summed E-state index contributed by atoms with van der Waals surface area (Å²) in [7, 11) is 0. The second-order valence-corrected chi connectivity index (χ2v) is 9.81. The van der Waals surface area contributed by atoms with Crippen LogP contribution in [0.25, 0.3) is 11.0 Å². The highest BCUT2D eigenvalue weighted by Gasteiger charge is 2.23. The Morgan fingerprint density at radius 2 is 1.86 bits per heavy atom. The number of nitrogens with zero attached hydrogens (tertiary/aromatic N) is 4. The number of rotatable bonds is 9. The van der Waals surface area contributed by atoms with Gasteiger partial charge in [0.25, 0.3) is 5.91 Å². The molecule has 0 saturated carbocycles. The predicted molar refractivity (Wildman–Crippen MR) is 135 cm³/mol. The summed E-state index contributed by atoms with van der Waals surface area (Å²) in [5, 5.41) is 0. The number of hydrogen-bond donors (Lipinski definition) is 0. The van der Waals surface area contributed by atoms with Crippen LogP contribution in [-0.2, 0) is 19.6 Å². The fourth-order valence-electron chi connectivity index (χ4n) is 4.92. The largest absolute Gasteiger partial charge is 0.331 e. The van der Waals surface area contributed by atoms with Gasteiger partial charge in [-0.05, 0) is 80.6 Å². The number of fused-ring (bicyclic) bond motifs is 1. The van der Waals surface area contributed by atoms with Gasteiger partial charge in [-0.2, -0.15) is 0 Å². The maximum absolute atomic E-state index is 14.3. The first-order valence-electron chi connectivity index (χ1n) is 12.8. The zero-order chi connectivity index (χ0) is 24.9. The molecule has 4 rings (SSSR count). The van der Waals surface area contributed by atoms with Crippen LogP contribution >= 0.6 is 0 Å². The van der Waals surface area contributed by atoms with Crippen molar-refractivity contribution in [3.63, 3.8) is 0 Å². The van der Waals surface area contributed by atoms with E-state index in [1.165, 1.54) is 18.4 Å². The Balaban J connectivity index is 1.61. The summed E-state index contributed by atoms with van der Waals surface area (Å²) in [5.41, 5.74) is 2.95. The Morgan fingerprint density at radius 1 is 1.09 bits per heavy atom. The number of likely N-dealkylation sites (tertiary alicyclic amines) is 1. The Kier molecular flexibility index (Phi) is 8.16. The van der Waals surface area contributed by atoms with Gasteiger partial charge in [-0.25, -0.2) is 13.8 Å². The van der Waals surface area contributed by atoms with Crippen molar-refractivity contribution >= 4 is 16.9 Å². The van der Waals surface area contributed by atoms with Crippen LogP contribution in [0.3, 0.4) is 0 Å². The van der Waals surface area contributed by atoms with Crippen molar-refractivity contribution in [2.75, 3.05) is 19.6 Å². The highest BCUT2D eigenvalue weighted by Crippen LogP contribution is 2.24. The summed E-state index contributed by atoms with van der Waals surface area (Å²) < 4.78 is 30.3. The lowest BCUT2D eigenvalue weighted by Crippen LogP contribution is -2.33. The SMILES string of the molecule is CCCN(Cc1nc2cc(CN3CCC(C)CC3)ccc2n1CCC)C(=O)c1cc(F)ccc1F. The Hall–Kier alpha value is -2.80. The lowest BCUT2D eigenvalue weighted by atomic mass is 9.99. The maximum atomic E-state index is 14.3. The molecule has 3 aromatic rings. The van der Waals surface area contributed by atoms with Crippen LogP contribution in [0.15, 0.2) is 36.4 Å². The highest BCUT2D eigenvalue weighted by molar-refractivity contribution is 5.94. The monoisotopic (exact) mass is 482 g/mol. The summed E-state index contributed by atoms with van der Waals surface area (Å²) in [4.78, 5) is 22.2. The van der Waals surface area contributed by atoms with Crippen molar-refractivity contribution in [2.45, 2.75) is 66.1 Å². The van der Waals surface area contributed by atoms with Crippen LogP contribution in [0.1, 0.15) is 68.2 Å². The average molecular weight is 483 g/mol. The molecule has 0 atom stereocenters. The number of imidazole rings is 1. The minimum atomic E-state index is -0.712. The molecular weight excluding hydrogens is 446 g/mol. The first kappa shape index (κ1) is 25.3. The van der Waals surface area contributed by atoms with E-state index in [0.717, 1.165) is 73.6 Å². The third-order valence-corrected chi connectivity index (χ3v) is 6.89. The van der Waals surface area contributed by atoms with Gasteiger partial charge < -0.3 is 9.47 Å². The number of carbonyl (C=O) groups is 1. The predicted octanol–water partition coefficient (Wildman–Crippen LogP) is 6.01. The Morgan fingerprint density at radius 3 is 2.57 bits per heavy atom. The van der Waals surface area contributed by atoms with E-state index in [0.29, 0.717) is 13.0 Å². The van der Waals surface area contributed by atoms with Crippen LogP contribution < -0.4 is 0 Å². The summed E-state index contributed by atoms with van der Waals surface area (Å²) in [6.07, 6.45) is 4.11. The zero-order valence-corrected chi connectivity index (χ0v) is 21.1. The molecule has 0 unspecified atom stereocenters. The van der Waals surface area contributed by atoms with Gasteiger partial charge in [0, 0.05) is 19.6 Å². The molecule has 1 aromatic heterocycles. The third-order valence-electron chi connectivity index (χ3n) is 6.89. The maximum Gasteiger partial charge on any atom is 0.257 e. The third kappa shape index (κ3) is 5.89. The van der Waals surface area contributed by atoms with Crippen LogP contribution in [0.5, 0.6) is 0 Å². The van der Waals surface area contributed by atoms with Gasteiger partial charge in [0.15, 0.2) is 0 Å². The normalized spacial score (nSPS) is 15.1. The van der Waals surface area contributed by atoms with Crippen molar-refractivity contribution < 1.29 is 13.6 Å². The average Bonchev–Trinajstić information content (AvgIpc) is 3.18. The summed E-state index contributed by atoms with van der Waals surface area (Å²) in [5.74, 6) is -0.282. The van der Waals surface area contributed by atoms with Crippen molar-refractivity contribution in [1.29, 1.82) is 0 Å². The molecule has 0 bridgehead atoms. The van der Waals surface area contributed by atoms with Crippen LogP contribution in [0.2, 0.25) is 0 Å². The van der Waals surface area contributed by atoms with Gasteiger partial charge in [0.05, 0.1) is 23.1 Å². The first-order chi connectivity index (χ1) is 16.9. The molecule has 0 N–H and O–H groups in total. The van der Waals surface area contributed by atoms with Crippen molar-refractivity contribution in [1.82, 2.24) is 19.4 Å². The van der Waals surface area contributed by atoms with E-state index in [1.807, 2.05) is 6.92 Å². The van der Waals surface area contributed by atoms with Crippen molar-refractivity contribution in [3.8, 4) is 0 Å². The lowest BCUT2D eigenvalue weighted by Gasteiger charge is -2.30. The summed E-state index contributed by atoms with van der Waals surface area (Å²) >= 11 is 0. The molecule has 1 aliphatic heterocycles. The van der Waals surface area contributed by atoms with E-state index in [1.54, 1.807) is 4.90 Å². The van der Waals surface area contributed by atoms with Gasteiger partial charge >= 0.3 is 0 Å². The van der Waals surface area contributed by atoms with Crippen LogP contribution in [-0.4, -0.2) is 44.9 Å². The number of hydrogen-bond acceptors (Lipinski definition) is 3. The molecule has 7 heteroatoms. The molecule has 2 aromatic carbocycles. The number of benzene rings is 2. The minimum Gasteiger partial charge on any atom is -0.331 e. The van der Waals surface area contributed by atoms with Crippen LogP contribution in [0, 0.1) is 17.6 Å². The molecule has 1 amide bonds. The minimum absolute atomic E-state index is 0.241. The molecule has 1 aliphatic rings. The highest BCUT2D eigenvalue weighted by atomic mass is 19.1. The van der Waals surface area contributed by atoms with E-state index in [2.05, 4.69) is 41.5 Å². The Bertz CT molecular complexity index is 1170. The fraction of sp³-hybridized carbons (Fsp3) is 0.500. The molecule has 188 valence electrons. The second-order valence-electron chi connectivity index (χ2n) is 9.81. The zero-order valence-electron chi connectivity index (χ0n) is 21.1. The number of halogens is 2. The van der Waals surface area contributed by atoms with E-state index < -0.39 is 17.5 Å². The van der Waals surface area contributed by atoms with E-state index in [-0.39, 0.29) is 12.1 Å². The summed E-state index contributed by atoms with van der Waals surface area (Å²) in [6.45, 7) is 11.0. The molecule has 0 radical (unpaired) electrons. The molecule has 0 aliphatic carbocycles. The second kappa shape index (κ2) is 11.3. The van der Waals surface area contributed by atoms with Gasteiger partial charge in [-0.15, -0.1) is 0 Å². The quantitative estimate of drug-likeness (QED) is 0.375. The molecule has 5 nitrogen and oxygen atoms in total. The number of carbonyl (C=O) groups excluding carboxylic acids is 1. The molecular formula is C28H36F2N4O. The molecule has 1 fully saturated rings. The standard InChI is InChI=1S/C28H36F2N4O/c1-4-12-33(28(35)23-17-22(29)7-8-24(23)30)19-27-31-25-16-21(6-9-26(25)34(27)13-5-2)18-32-14-10-20(3)11-15-32/h6-9,16-17,20H,4-5,10-15,18-19H2,1-3H3. The number of piperidine rings is 1. The van der Waals surface area contributed by atoms with Gasteiger partial charge in [-0.1, -0.05) is 26.8 Å². The number of aryl methyl sites for hydroxylation is 1. The molecule has 35 heavy (non-hydrogen) atoms. The van der Waals surface area contributed by atoms with Gasteiger partial charge in [0.2, 0.25) is 0 Å². The summed E-state index contributed by atoms with van der Waals surface area (Å²) in [6, 6.07) is 9.46. The van der Waals surface area contributed by atoms with Crippen molar-refractivity contribution in [3.05, 3.63) is 65.0 Å². The number of amides is 1. The lowest BCUT2D eigenvalue weighted by molar-refractivity contribution is 0.0732. The van der Waals surface area contributed by atoms with Gasteiger partial charge in [0.1, 0.15) is 17.5 Å². The smallest absolute Gasteiger partial charge is 0.257 e. The molecule has 0 spiro atoms. The molecule has 1 saturated heterocycles. The van der Waals surface area contributed by atoms with E-state index in [4.69, 9.17) is 4.98 Å². The van der Waals surface area contributed by atoms with E-state index in [9.17, 15) is 13.6 Å². The number of aromatic nitrogens is 2. The first-order valence-corrected chi connectivity index (χ1v) is 12.8. The van der Waals surface area contributed by atoms with Gasteiger partial charge in [-0.3, -0.25) is 9.69 Å². The Labute approximate surface area is 206 Å².